The molecule has 5 heteroatoms. The molecule has 4 nitrogen and oxygen atoms in total. The van der Waals surface area contributed by atoms with Crippen LogP contribution in [0.2, 0.25) is 0 Å². The van der Waals surface area contributed by atoms with Gasteiger partial charge in [0, 0.05) is 0 Å². The van der Waals surface area contributed by atoms with E-state index in [-0.39, 0.29) is 34.8 Å². The van der Waals surface area contributed by atoms with Crippen molar-refractivity contribution in [2.75, 3.05) is 11.5 Å². The smallest absolute Gasteiger partial charge is 0.224 e. The maximum Gasteiger partial charge on any atom is 0.224 e. The molecular formula is C17H23NO3S. The minimum atomic E-state index is -3.02. The molecular weight excluding hydrogens is 298 g/mol. The predicted octanol–water partition coefficient (Wildman–Crippen LogP) is 2.35. The van der Waals surface area contributed by atoms with E-state index >= 15 is 0 Å². The highest BCUT2D eigenvalue weighted by molar-refractivity contribution is 7.91. The number of amides is 1. The topological polar surface area (TPSA) is 63.2 Å². The number of fused-ring (bicyclic) bond motifs is 1. The van der Waals surface area contributed by atoms with Gasteiger partial charge in [0.25, 0.3) is 0 Å². The molecule has 1 aromatic carbocycles. The van der Waals surface area contributed by atoms with E-state index in [0.29, 0.717) is 6.42 Å². The average Bonchev–Trinajstić information content (AvgIpc) is 2.83. The molecule has 1 amide bonds. The number of benzene rings is 1. The van der Waals surface area contributed by atoms with Crippen LogP contribution < -0.4 is 5.32 Å². The normalized spacial score (nSPS) is 28.8. The Kier molecular flexibility index (Phi) is 3.79. The number of rotatable bonds is 2. The predicted molar refractivity (Wildman–Crippen MR) is 86.3 cm³/mol. The van der Waals surface area contributed by atoms with E-state index in [4.69, 9.17) is 0 Å². The van der Waals surface area contributed by atoms with Crippen LogP contribution in [0.4, 0.5) is 0 Å². The lowest BCUT2D eigenvalue weighted by Crippen LogP contribution is -2.38. The van der Waals surface area contributed by atoms with E-state index in [1.165, 1.54) is 11.1 Å². The molecule has 0 saturated carbocycles. The molecule has 1 N–H and O–H groups in total. The van der Waals surface area contributed by atoms with Crippen LogP contribution in [0, 0.1) is 5.92 Å². The van der Waals surface area contributed by atoms with E-state index in [1.54, 1.807) is 0 Å². The van der Waals surface area contributed by atoms with Crippen molar-refractivity contribution in [3.8, 4) is 0 Å². The maximum absolute atomic E-state index is 12.4. The molecule has 0 bridgehead atoms. The third kappa shape index (κ3) is 2.91. The molecule has 1 aliphatic carbocycles. The van der Waals surface area contributed by atoms with Gasteiger partial charge in [-0.3, -0.25) is 4.79 Å². The third-order valence-electron chi connectivity index (χ3n) is 5.04. The second-order valence-corrected chi connectivity index (χ2v) is 9.40. The summed E-state index contributed by atoms with van der Waals surface area (Å²) in [5.74, 6) is -0.356. The van der Waals surface area contributed by atoms with E-state index in [1.807, 2.05) is 12.1 Å². The molecule has 2 unspecified atom stereocenters. The zero-order valence-electron chi connectivity index (χ0n) is 13.1. The minimum Gasteiger partial charge on any atom is -0.349 e. The fourth-order valence-electron chi connectivity index (χ4n) is 3.65. The van der Waals surface area contributed by atoms with Gasteiger partial charge < -0.3 is 5.32 Å². The molecule has 0 radical (unpaired) electrons. The Morgan fingerprint density at radius 3 is 2.64 bits per heavy atom. The summed E-state index contributed by atoms with van der Waals surface area (Å²) in [6.07, 6.45) is 2.36. The number of carbonyl (C=O) groups excluding carboxylic acids is 1. The summed E-state index contributed by atoms with van der Waals surface area (Å²) in [4.78, 5) is 12.4. The second-order valence-electron chi connectivity index (χ2n) is 7.17. The molecule has 22 heavy (non-hydrogen) atoms. The van der Waals surface area contributed by atoms with Gasteiger partial charge in [-0.15, -0.1) is 0 Å². The molecule has 3 rings (SSSR count). The number of hydrogen-bond donors (Lipinski definition) is 1. The van der Waals surface area contributed by atoms with Crippen LogP contribution in [-0.4, -0.2) is 25.8 Å². The lowest BCUT2D eigenvalue weighted by molar-refractivity contribution is -0.125. The van der Waals surface area contributed by atoms with Crippen molar-refractivity contribution in [1.29, 1.82) is 0 Å². The zero-order chi connectivity index (χ0) is 16.0. The average molecular weight is 321 g/mol. The van der Waals surface area contributed by atoms with Crippen LogP contribution >= 0.6 is 0 Å². The second kappa shape index (κ2) is 5.37. The number of hydrogen-bond acceptors (Lipinski definition) is 3. The van der Waals surface area contributed by atoms with E-state index in [9.17, 15) is 13.2 Å². The standard InChI is InChI=1S/C17H23NO3S/c1-17(2)9-7-15(13-5-3-4-6-14(13)17)18-16(19)12-8-10-22(20,21)11-12/h3-6,12,15H,7-11H2,1-2H3,(H,18,19). The molecule has 2 aliphatic rings. The van der Waals surface area contributed by atoms with Gasteiger partial charge in [0.15, 0.2) is 9.84 Å². The SMILES string of the molecule is CC1(C)CCC(NC(=O)C2CCS(=O)(=O)C2)c2ccccc21. The summed E-state index contributed by atoms with van der Waals surface area (Å²) in [6.45, 7) is 4.46. The molecule has 1 aromatic rings. The molecule has 1 fully saturated rings. The molecule has 120 valence electrons. The maximum atomic E-state index is 12.4. The summed E-state index contributed by atoms with van der Waals surface area (Å²) < 4.78 is 23.1. The Hall–Kier alpha value is -1.36. The van der Waals surface area contributed by atoms with E-state index < -0.39 is 9.84 Å². The number of sulfone groups is 1. The summed E-state index contributed by atoms with van der Waals surface area (Å²) in [5.41, 5.74) is 2.58. The van der Waals surface area contributed by atoms with Crippen molar-refractivity contribution in [1.82, 2.24) is 5.32 Å². The molecule has 1 saturated heterocycles. The Morgan fingerprint density at radius 1 is 1.23 bits per heavy atom. The number of carbonyl (C=O) groups is 1. The fraction of sp³-hybridized carbons (Fsp3) is 0.588. The van der Waals surface area contributed by atoms with Crippen LogP contribution in [0.3, 0.4) is 0 Å². The fourth-order valence-corrected chi connectivity index (χ4v) is 5.40. The molecule has 0 spiro atoms. The van der Waals surface area contributed by atoms with Gasteiger partial charge in [-0.1, -0.05) is 38.1 Å². The Bertz CT molecular complexity index is 694. The van der Waals surface area contributed by atoms with Crippen molar-refractivity contribution in [3.05, 3.63) is 35.4 Å². The molecule has 1 aliphatic heterocycles. The Balaban J connectivity index is 1.78. The quantitative estimate of drug-likeness (QED) is 0.909. The van der Waals surface area contributed by atoms with Crippen molar-refractivity contribution < 1.29 is 13.2 Å². The van der Waals surface area contributed by atoms with Gasteiger partial charge in [-0.05, 0) is 35.8 Å². The summed E-state index contributed by atoms with van der Waals surface area (Å²) >= 11 is 0. The molecule has 2 atom stereocenters. The van der Waals surface area contributed by atoms with Gasteiger partial charge in [0.1, 0.15) is 0 Å². The zero-order valence-corrected chi connectivity index (χ0v) is 13.9. The minimum absolute atomic E-state index is 0.0000269. The highest BCUT2D eigenvalue weighted by atomic mass is 32.2. The van der Waals surface area contributed by atoms with Crippen LogP contribution in [0.1, 0.15) is 50.3 Å². The van der Waals surface area contributed by atoms with Crippen LogP contribution in [-0.2, 0) is 20.0 Å². The van der Waals surface area contributed by atoms with Gasteiger partial charge in [0.05, 0.1) is 23.5 Å². The lowest BCUT2D eigenvalue weighted by Gasteiger charge is -2.37. The monoisotopic (exact) mass is 321 g/mol. The third-order valence-corrected chi connectivity index (χ3v) is 6.81. The van der Waals surface area contributed by atoms with Crippen molar-refractivity contribution in [3.63, 3.8) is 0 Å². The van der Waals surface area contributed by atoms with Crippen LogP contribution in [0.25, 0.3) is 0 Å². The first kappa shape index (κ1) is 15.5. The van der Waals surface area contributed by atoms with Gasteiger partial charge >= 0.3 is 0 Å². The van der Waals surface area contributed by atoms with Crippen molar-refractivity contribution in [2.45, 2.75) is 44.6 Å². The van der Waals surface area contributed by atoms with E-state index in [2.05, 4.69) is 31.3 Å². The van der Waals surface area contributed by atoms with Crippen molar-refractivity contribution in [2.24, 2.45) is 5.92 Å². The molecule has 0 aromatic heterocycles. The van der Waals surface area contributed by atoms with Gasteiger partial charge in [0.2, 0.25) is 5.91 Å². The Morgan fingerprint density at radius 2 is 1.95 bits per heavy atom. The highest BCUT2D eigenvalue weighted by Crippen LogP contribution is 2.41. The van der Waals surface area contributed by atoms with E-state index in [0.717, 1.165) is 12.8 Å². The first-order valence-corrected chi connectivity index (χ1v) is 9.71. The molecule has 1 heterocycles. The first-order valence-electron chi connectivity index (χ1n) is 7.89. The summed E-state index contributed by atoms with van der Waals surface area (Å²) in [7, 11) is -3.02. The largest absolute Gasteiger partial charge is 0.349 e. The van der Waals surface area contributed by atoms with Crippen LogP contribution in [0.15, 0.2) is 24.3 Å². The van der Waals surface area contributed by atoms with Crippen LogP contribution in [0.5, 0.6) is 0 Å². The Labute approximate surface area is 132 Å². The summed E-state index contributed by atoms with van der Waals surface area (Å²) in [6, 6.07) is 8.24. The van der Waals surface area contributed by atoms with Crippen molar-refractivity contribution >= 4 is 15.7 Å². The summed E-state index contributed by atoms with van der Waals surface area (Å²) in [5, 5.41) is 3.09. The first-order chi connectivity index (χ1) is 10.3. The van der Waals surface area contributed by atoms with Gasteiger partial charge in [-0.2, -0.15) is 0 Å². The lowest BCUT2D eigenvalue weighted by atomic mass is 9.71. The van der Waals surface area contributed by atoms with Gasteiger partial charge in [-0.25, -0.2) is 8.42 Å². The number of nitrogens with one attached hydrogen (secondary N) is 1. The highest BCUT2D eigenvalue weighted by Gasteiger charge is 2.36.